The highest BCUT2D eigenvalue weighted by Gasteiger charge is 2.19. The monoisotopic (exact) mass is 438 g/mol. The molecule has 0 bridgehead atoms. The summed E-state index contributed by atoms with van der Waals surface area (Å²) in [4.78, 5) is 0. The summed E-state index contributed by atoms with van der Waals surface area (Å²) in [5.41, 5.74) is 2.58. The van der Waals surface area contributed by atoms with Gasteiger partial charge in [0.05, 0.1) is 6.10 Å². The molecule has 3 aromatic carbocycles. The van der Waals surface area contributed by atoms with Crippen LogP contribution in [0.25, 0.3) is 22.3 Å². The molecule has 4 rings (SSSR count). The molecule has 166 valence electrons. The molecule has 1 unspecified atom stereocenters. The molecular weight excluding hydrogens is 413 g/mol. The van der Waals surface area contributed by atoms with Crippen LogP contribution in [0.4, 0.5) is 13.2 Å². The summed E-state index contributed by atoms with van der Waals surface area (Å²) in [6.07, 6.45) is 6.43. The molecule has 0 spiro atoms. The van der Waals surface area contributed by atoms with E-state index in [1.165, 1.54) is 18.2 Å². The summed E-state index contributed by atoms with van der Waals surface area (Å²) >= 11 is 0. The van der Waals surface area contributed by atoms with Crippen molar-refractivity contribution in [1.82, 2.24) is 0 Å². The Morgan fingerprint density at radius 1 is 0.906 bits per heavy atom. The number of allylic oxidation sites excluding steroid dienone is 1. The van der Waals surface area contributed by atoms with Gasteiger partial charge in [-0.2, -0.15) is 4.39 Å². The van der Waals surface area contributed by atoms with Gasteiger partial charge in [-0.1, -0.05) is 48.6 Å². The average Bonchev–Trinajstić information content (AvgIpc) is 2.83. The third-order valence-corrected chi connectivity index (χ3v) is 5.67. The van der Waals surface area contributed by atoms with Gasteiger partial charge in [-0.15, -0.1) is 0 Å². The van der Waals surface area contributed by atoms with Crippen LogP contribution in [0, 0.1) is 17.5 Å². The molecule has 1 saturated heterocycles. The largest absolute Gasteiger partial charge is 0.486 e. The molecule has 0 N–H and O–H groups in total. The molecule has 0 radical (unpaired) electrons. The smallest absolute Gasteiger partial charge is 0.201 e. The maximum atomic E-state index is 14.8. The Labute approximate surface area is 186 Å². The van der Waals surface area contributed by atoms with E-state index in [2.05, 4.69) is 0 Å². The number of rotatable bonds is 6. The predicted molar refractivity (Wildman–Crippen MR) is 120 cm³/mol. The molecule has 2 nitrogen and oxygen atoms in total. The molecule has 3 aromatic rings. The number of hydrogen-bond acceptors (Lipinski definition) is 2. The molecule has 1 atom stereocenters. The molecule has 0 aliphatic carbocycles. The Morgan fingerprint density at radius 3 is 2.28 bits per heavy atom. The van der Waals surface area contributed by atoms with Crippen molar-refractivity contribution >= 4 is 0 Å². The first-order chi connectivity index (χ1) is 15.6. The number of halogens is 3. The lowest BCUT2D eigenvalue weighted by atomic mass is 9.96. The zero-order chi connectivity index (χ0) is 22.5. The van der Waals surface area contributed by atoms with Crippen molar-refractivity contribution in [3.05, 3.63) is 89.8 Å². The van der Waals surface area contributed by atoms with Gasteiger partial charge in [0.15, 0.2) is 11.6 Å². The van der Waals surface area contributed by atoms with Gasteiger partial charge in [0.1, 0.15) is 12.4 Å². The van der Waals surface area contributed by atoms with E-state index in [0.29, 0.717) is 23.3 Å². The summed E-state index contributed by atoms with van der Waals surface area (Å²) in [7, 11) is 0. The number of benzene rings is 3. The molecule has 1 fully saturated rings. The predicted octanol–water partition coefficient (Wildman–Crippen LogP) is 7.63. The molecule has 32 heavy (non-hydrogen) atoms. The van der Waals surface area contributed by atoms with Crippen LogP contribution in [0.5, 0.6) is 5.75 Å². The van der Waals surface area contributed by atoms with E-state index in [1.807, 2.05) is 13.0 Å². The first kappa shape index (κ1) is 22.2. The van der Waals surface area contributed by atoms with Crippen LogP contribution in [-0.2, 0) is 4.74 Å². The molecule has 1 heterocycles. The summed E-state index contributed by atoms with van der Waals surface area (Å²) in [6.45, 7) is 2.69. The maximum absolute atomic E-state index is 14.8. The summed E-state index contributed by atoms with van der Waals surface area (Å²) in [5.74, 6) is -2.46. The minimum atomic E-state index is -1.03. The number of ether oxygens (including phenoxy) is 2. The molecule has 1 aliphatic heterocycles. The van der Waals surface area contributed by atoms with Gasteiger partial charge in [0, 0.05) is 17.7 Å². The third-order valence-electron chi connectivity index (χ3n) is 5.67. The fourth-order valence-corrected chi connectivity index (χ4v) is 3.90. The van der Waals surface area contributed by atoms with E-state index < -0.39 is 11.6 Å². The van der Waals surface area contributed by atoms with E-state index in [9.17, 15) is 13.2 Å². The lowest BCUT2D eigenvalue weighted by Crippen LogP contribution is -2.11. The standard InChI is InChI=1S/C27H25F3O2/c1-2-3-15-32-25-14-13-22(26(29)27(25)30)19-9-7-18(8-10-19)21-12-11-20(17-23(21)28)24-6-4-5-16-31-24/h2-3,7-14,17,24H,4-6,15-16H2,1H3/b3-2+. The Kier molecular flexibility index (Phi) is 6.96. The Balaban J connectivity index is 1.55. The van der Waals surface area contributed by atoms with E-state index in [4.69, 9.17) is 9.47 Å². The minimum absolute atomic E-state index is 0.0579. The van der Waals surface area contributed by atoms with Gasteiger partial charge in [-0.3, -0.25) is 0 Å². The molecule has 0 amide bonds. The van der Waals surface area contributed by atoms with Crippen molar-refractivity contribution < 1.29 is 22.6 Å². The van der Waals surface area contributed by atoms with E-state index in [1.54, 1.807) is 42.5 Å². The van der Waals surface area contributed by atoms with Crippen molar-refractivity contribution in [2.75, 3.05) is 13.2 Å². The second-order valence-electron chi connectivity index (χ2n) is 7.79. The van der Waals surface area contributed by atoms with Gasteiger partial charge < -0.3 is 9.47 Å². The van der Waals surface area contributed by atoms with Crippen LogP contribution in [0.1, 0.15) is 37.9 Å². The van der Waals surface area contributed by atoms with Crippen molar-refractivity contribution in [2.24, 2.45) is 0 Å². The molecule has 1 aliphatic rings. The minimum Gasteiger partial charge on any atom is -0.486 e. The molecule has 0 aromatic heterocycles. The second kappa shape index (κ2) is 10.0. The van der Waals surface area contributed by atoms with Crippen molar-refractivity contribution in [3.8, 4) is 28.0 Å². The Morgan fingerprint density at radius 2 is 1.62 bits per heavy atom. The lowest BCUT2D eigenvalue weighted by molar-refractivity contribution is 0.0148. The first-order valence-electron chi connectivity index (χ1n) is 10.8. The normalized spacial score (nSPS) is 16.4. The maximum Gasteiger partial charge on any atom is 0.201 e. The summed E-state index contributed by atoms with van der Waals surface area (Å²) in [6, 6.07) is 14.8. The van der Waals surface area contributed by atoms with Gasteiger partial charge in [-0.25, -0.2) is 8.78 Å². The average molecular weight is 438 g/mol. The van der Waals surface area contributed by atoms with E-state index >= 15 is 0 Å². The van der Waals surface area contributed by atoms with Crippen LogP contribution in [0.3, 0.4) is 0 Å². The highest BCUT2D eigenvalue weighted by atomic mass is 19.2. The zero-order valence-corrected chi connectivity index (χ0v) is 17.9. The van der Waals surface area contributed by atoms with Gasteiger partial charge in [0.2, 0.25) is 5.82 Å². The van der Waals surface area contributed by atoms with Crippen molar-refractivity contribution in [2.45, 2.75) is 32.3 Å². The van der Waals surface area contributed by atoms with Crippen molar-refractivity contribution in [3.63, 3.8) is 0 Å². The third kappa shape index (κ3) is 4.73. The van der Waals surface area contributed by atoms with Crippen LogP contribution in [0.15, 0.2) is 66.7 Å². The summed E-state index contributed by atoms with van der Waals surface area (Å²) in [5, 5.41) is 0. The first-order valence-corrected chi connectivity index (χ1v) is 10.8. The highest BCUT2D eigenvalue weighted by Crippen LogP contribution is 2.34. The fourth-order valence-electron chi connectivity index (χ4n) is 3.90. The lowest BCUT2D eigenvalue weighted by Gasteiger charge is -2.23. The second-order valence-corrected chi connectivity index (χ2v) is 7.79. The SMILES string of the molecule is C/C=C/COc1ccc(-c2ccc(-c3ccc(C4CCCCO4)cc3F)cc2)c(F)c1F. The topological polar surface area (TPSA) is 18.5 Å². The molecule has 5 heteroatoms. The van der Waals surface area contributed by atoms with Crippen LogP contribution < -0.4 is 4.74 Å². The zero-order valence-electron chi connectivity index (χ0n) is 17.9. The van der Waals surface area contributed by atoms with Gasteiger partial charge in [-0.05, 0) is 61.1 Å². The van der Waals surface area contributed by atoms with E-state index in [-0.39, 0.29) is 29.8 Å². The molecular formula is C27H25F3O2. The van der Waals surface area contributed by atoms with Crippen LogP contribution in [0.2, 0.25) is 0 Å². The fraction of sp³-hybridized carbons (Fsp3) is 0.259. The van der Waals surface area contributed by atoms with Crippen LogP contribution >= 0.6 is 0 Å². The van der Waals surface area contributed by atoms with Gasteiger partial charge in [0.25, 0.3) is 0 Å². The Hall–Kier alpha value is -3.05. The quantitative estimate of drug-likeness (QED) is 0.368. The summed E-state index contributed by atoms with van der Waals surface area (Å²) < 4.78 is 54.8. The van der Waals surface area contributed by atoms with Gasteiger partial charge >= 0.3 is 0 Å². The van der Waals surface area contributed by atoms with Crippen molar-refractivity contribution in [1.29, 1.82) is 0 Å². The highest BCUT2D eigenvalue weighted by molar-refractivity contribution is 5.71. The Bertz CT molecular complexity index is 1100. The number of hydrogen-bond donors (Lipinski definition) is 0. The molecule has 0 saturated carbocycles. The van der Waals surface area contributed by atoms with E-state index in [0.717, 1.165) is 24.8 Å². The van der Waals surface area contributed by atoms with Crippen LogP contribution in [-0.4, -0.2) is 13.2 Å².